The number of carbonyl (C=O) groups excluding carboxylic acids is 1. The van der Waals surface area contributed by atoms with Gasteiger partial charge in [-0.2, -0.15) is 0 Å². The summed E-state index contributed by atoms with van der Waals surface area (Å²) in [5.74, 6) is 0. The van der Waals surface area contributed by atoms with E-state index < -0.39 is 0 Å². The fourth-order valence-corrected chi connectivity index (χ4v) is 1.18. The maximum Gasteiger partial charge on any atom is 0.315 e. The Hall–Kier alpha value is -0.770. The highest BCUT2D eigenvalue weighted by molar-refractivity contribution is 5.74. The van der Waals surface area contributed by atoms with Crippen LogP contribution in [-0.2, 0) is 0 Å². The van der Waals surface area contributed by atoms with Gasteiger partial charge in [0.1, 0.15) is 0 Å². The summed E-state index contributed by atoms with van der Waals surface area (Å²) in [4.78, 5) is 11.3. The molecule has 1 rings (SSSR count). The Morgan fingerprint density at radius 3 is 2.57 bits per heavy atom. The molecule has 0 bridgehead atoms. The van der Waals surface area contributed by atoms with Crippen LogP contribution in [0.1, 0.15) is 33.1 Å². The molecule has 4 heteroatoms. The number of hydrogen-bond acceptors (Lipinski definition) is 2. The molecule has 0 aromatic carbocycles. The van der Waals surface area contributed by atoms with E-state index in [1.807, 2.05) is 13.8 Å². The van der Waals surface area contributed by atoms with E-state index in [1.165, 1.54) is 6.42 Å². The number of carbonyl (C=O) groups is 1. The van der Waals surface area contributed by atoms with Crippen LogP contribution >= 0.6 is 0 Å². The van der Waals surface area contributed by atoms with Gasteiger partial charge in [0.25, 0.3) is 0 Å². The third-order valence-electron chi connectivity index (χ3n) is 2.72. The van der Waals surface area contributed by atoms with E-state index in [0.717, 1.165) is 12.8 Å². The number of hydrogen-bond donors (Lipinski definition) is 3. The molecule has 2 amide bonds. The number of rotatable bonds is 4. The Bertz CT molecular complexity index is 200. The topological polar surface area (TPSA) is 67.1 Å². The first kappa shape index (κ1) is 11.3. The molecule has 0 aromatic heterocycles. The van der Waals surface area contributed by atoms with Crippen LogP contribution in [0.15, 0.2) is 0 Å². The highest BCUT2D eigenvalue weighted by Gasteiger charge is 2.21. The van der Waals surface area contributed by atoms with Crippen LogP contribution in [0.5, 0.6) is 0 Å². The second-order valence-corrected chi connectivity index (χ2v) is 4.82. The lowest BCUT2D eigenvalue weighted by Crippen LogP contribution is -2.48. The van der Waals surface area contributed by atoms with Crippen LogP contribution < -0.4 is 16.4 Å². The Morgan fingerprint density at radius 2 is 2.14 bits per heavy atom. The average molecular weight is 199 g/mol. The van der Waals surface area contributed by atoms with E-state index >= 15 is 0 Å². The van der Waals surface area contributed by atoms with Crippen molar-refractivity contribution in [1.29, 1.82) is 0 Å². The van der Waals surface area contributed by atoms with E-state index in [9.17, 15) is 4.79 Å². The molecule has 0 spiro atoms. The summed E-state index contributed by atoms with van der Waals surface area (Å²) in [6.45, 7) is 5.28. The molecule has 1 fully saturated rings. The molecule has 0 radical (unpaired) electrons. The van der Waals surface area contributed by atoms with Gasteiger partial charge in [-0.15, -0.1) is 0 Å². The zero-order chi connectivity index (χ0) is 10.6. The lowest BCUT2D eigenvalue weighted by atomic mass is 9.93. The molecule has 14 heavy (non-hydrogen) atoms. The van der Waals surface area contributed by atoms with Gasteiger partial charge in [-0.05, 0) is 31.2 Å². The van der Waals surface area contributed by atoms with Gasteiger partial charge in [-0.25, -0.2) is 4.79 Å². The van der Waals surface area contributed by atoms with Crippen molar-refractivity contribution < 1.29 is 4.79 Å². The smallest absolute Gasteiger partial charge is 0.315 e. The molecule has 1 aliphatic carbocycles. The summed E-state index contributed by atoms with van der Waals surface area (Å²) in [6.07, 6.45) is 3.47. The maximum atomic E-state index is 11.3. The molecule has 0 heterocycles. The van der Waals surface area contributed by atoms with Crippen molar-refractivity contribution in [3.8, 4) is 0 Å². The first-order chi connectivity index (χ1) is 6.53. The van der Waals surface area contributed by atoms with Gasteiger partial charge >= 0.3 is 6.03 Å². The first-order valence-electron chi connectivity index (χ1n) is 5.28. The van der Waals surface area contributed by atoms with Crippen molar-refractivity contribution in [2.24, 2.45) is 11.1 Å². The molecule has 82 valence electrons. The van der Waals surface area contributed by atoms with E-state index in [-0.39, 0.29) is 11.4 Å². The zero-order valence-electron chi connectivity index (χ0n) is 9.10. The fraction of sp³-hybridized carbons (Fsp3) is 0.900. The minimum absolute atomic E-state index is 0.0169. The molecule has 4 N–H and O–H groups in total. The van der Waals surface area contributed by atoms with Gasteiger partial charge in [0.05, 0.1) is 0 Å². The van der Waals surface area contributed by atoms with Crippen molar-refractivity contribution in [3.63, 3.8) is 0 Å². The summed E-state index contributed by atoms with van der Waals surface area (Å²) in [5, 5.41) is 5.77. The van der Waals surface area contributed by atoms with Crippen LogP contribution in [-0.4, -0.2) is 25.2 Å². The quantitative estimate of drug-likeness (QED) is 0.627. The lowest BCUT2D eigenvalue weighted by Gasteiger charge is -2.28. The van der Waals surface area contributed by atoms with Crippen LogP contribution in [0.3, 0.4) is 0 Å². The Morgan fingerprint density at radius 1 is 1.50 bits per heavy atom. The van der Waals surface area contributed by atoms with Gasteiger partial charge in [0, 0.05) is 12.6 Å². The number of amides is 2. The molecular formula is C10H21N3O. The Labute approximate surface area is 85.6 Å². The third kappa shape index (κ3) is 3.54. The average Bonchev–Trinajstić information content (AvgIpc) is 2.08. The van der Waals surface area contributed by atoms with E-state index in [2.05, 4.69) is 10.6 Å². The SMILES string of the molecule is CC(C)(CN)CNC(=O)NC1CCC1. The summed E-state index contributed by atoms with van der Waals surface area (Å²) in [5.41, 5.74) is 5.54. The molecule has 0 aliphatic heterocycles. The van der Waals surface area contributed by atoms with Crippen LogP contribution in [0.4, 0.5) is 4.79 Å². The normalized spacial score (nSPS) is 17.4. The molecule has 0 aromatic rings. The van der Waals surface area contributed by atoms with Gasteiger partial charge in [0.15, 0.2) is 0 Å². The minimum Gasteiger partial charge on any atom is -0.338 e. The van der Waals surface area contributed by atoms with E-state index in [0.29, 0.717) is 19.1 Å². The highest BCUT2D eigenvalue weighted by atomic mass is 16.2. The predicted molar refractivity (Wildman–Crippen MR) is 57.0 cm³/mol. The number of nitrogens with two attached hydrogens (primary N) is 1. The minimum atomic E-state index is -0.0591. The molecule has 0 saturated heterocycles. The van der Waals surface area contributed by atoms with Crippen molar-refractivity contribution in [2.75, 3.05) is 13.1 Å². The second-order valence-electron chi connectivity index (χ2n) is 4.82. The first-order valence-corrected chi connectivity index (χ1v) is 5.28. The summed E-state index contributed by atoms with van der Waals surface area (Å²) < 4.78 is 0. The van der Waals surface area contributed by atoms with Crippen molar-refractivity contribution in [2.45, 2.75) is 39.2 Å². The third-order valence-corrected chi connectivity index (χ3v) is 2.72. The van der Waals surface area contributed by atoms with Crippen LogP contribution in [0.2, 0.25) is 0 Å². The highest BCUT2D eigenvalue weighted by Crippen LogP contribution is 2.17. The van der Waals surface area contributed by atoms with Gasteiger partial charge in [-0.1, -0.05) is 13.8 Å². The van der Waals surface area contributed by atoms with E-state index in [4.69, 9.17) is 5.73 Å². The lowest BCUT2D eigenvalue weighted by molar-refractivity contribution is 0.222. The second kappa shape index (κ2) is 4.64. The standard InChI is InChI=1S/C10H21N3O/c1-10(2,6-11)7-12-9(14)13-8-4-3-5-8/h8H,3-7,11H2,1-2H3,(H2,12,13,14). The molecule has 1 aliphatic rings. The van der Waals surface area contributed by atoms with Gasteiger partial charge in [0.2, 0.25) is 0 Å². The molecular weight excluding hydrogens is 178 g/mol. The molecule has 4 nitrogen and oxygen atoms in total. The number of urea groups is 1. The van der Waals surface area contributed by atoms with Gasteiger partial charge in [-0.3, -0.25) is 0 Å². The predicted octanol–water partition coefficient (Wildman–Crippen LogP) is 0.823. The van der Waals surface area contributed by atoms with Crippen LogP contribution in [0.25, 0.3) is 0 Å². The Balaban J connectivity index is 2.13. The number of nitrogens with one attached hydrogen (secondary N) is 2. The van der Waals surface area contributed by atoms with Crippen molar-refractivity contribution >= 4 is 6.03 Å². The van der Waals surface area contributed by atoms with Crippen LogP contribution in [0, 0.1) is 5.41 Å². The molecule has 0 atom stereocenters. The summed E-state index contributed by atoms with van der Waals surface area (Å²) in [6, 6.07) is 0.340. The maximum absolute atomic E-state index is 11.3. The zero-order valence-corrected chi connectivity index (χ0v) is 9.10. The summed E-state index contributed by atoms with van der Waals surface area (Å²) in [7, 11) is 0. The molecule has 1 saturated carbocycles. The monoisotopic (exact) mass is 199 g/mol. The fourth-order valence-electron chi connectivity index (χ4n) is 1.18. The van der Waals surface area contributed by atoms with E-state index in [1.54, 1.807) is 0 Å². The molecule has 0 unspecified atom stereocenters. The van der Waals surface area contributed by atoms with Crippen molar-refractivity contribution in [1.82, 2.24) is 10.6 Å². The Kier molecular flexibility index (Phi) is 3.75. The van der Waals surface area contributed by atoms with Gasteiger partial charge < -0.3 is 16.4 Å². The van der Waals surface area contributed by atoms with Crippen molar-refractivity contribution in [3.05, 3.63) is 0 Å². The largest absolute Gasteiger partial charge is 0.338 e. The summed E-state index contributed by atoms with van der Waals surface area (Å²) >= 11 is 0.